The molecule has 12 heteroatoms. The normalized spacial score (nSPS) is 14.9. The van der Waals surface area contributed by atoms with Crippen molar-refractivity contribution in [1.82, 2.24) is 5.32 Å². The number of nitrogens with zero attached hydrogens (tertiary/aromatic N) is 3. The summed E-state index contributed by atoms with van der Waals surface area (Å²) in [5.74, 6) is -2.56. The minimum absolute atomic E-state index is 0.0367. The first-order chi connectivity index (χ1) is 24.3. The number of nitrogens with one attached hydrogen (secondary N) is 2. The number of hydrogen-bond acceptors (Lipinski definition) is 6. The summed E-state index contributed by atoms with van der Waals surface area (Å²) in [5.41, 5.74) is 1.49. The van der Waals surface area contributed by atoms with Gasteiger partial charge in [0.25, 0.3) is 5.91 Å². The lowest BCUT2D eigenvalue weighted by Gasteiger charge is -2.32. The van der Waals surface area contributed by atoms with Crippen molar-refractivity contribution in [3.63, 3.8) is 0 Å². The van der Waals surface area contributed by atoms with Gasteiger partial charge < -0.3 is 25.4 Å². The number of aromatic carboxylic acids is 1. The highest BCUT2D eigenvalue weighted by Gasteiger charge is 2.41. The number of fused-ring (bicyclic) bond motifs is 1. The highest BCUT2D eigenvalue weighted by atomic mass is 16.5. The van der Waals surface area contributed by atoms with Gasteiger partial charge in [-0.2, -0.15) is 0 Å². The first kappa shape index (κ1) is 36.3. The number of benzene rings is 4. The van der Waals surface area contributed by atoms with E-state index in [-0.39, 0.29) is 30.3 Å². The number of rotatable bonds is 10. The molecule has 12 nitrogen and oxygen atoms in total. The van der Waals surface area contributed by atoms with Crippen LogP contribution in [0.2, 0.25) is 0 Å². The van der Waals surface area contributed by atoms with Crippen LogP contribution in [0.15, 0.2) is 109 Å². The standard InChI is InChI=1S/C39H41N5O7/c1-26(51-25-27-14-7-5-8-15-27)44(30-18-9-6-10-19-30)34(45)24-42-32-20-11-12-21-33(32)43(37(49)39(2,3)4)23-31(35(42)46)41-38(50)40-29-17-13-16-28(22-29)36(47)48/h5-22,26,31H,23-25H2,1-4H3,(H,47,48)(H2,40,41,50). The van der Waals surface area contributed by atoms with E-state index in [2.05, 4.69) is 10.6 Å². The number of carboxylic acids is 1. The van der Waals surface area contributed by atoms with Gasteiger partial charge in [0.15, 0.2) is 0 Å². The van der Waals surface area contributed by atoms with Gasteiger partial charge >= 0.3 is 12.0 Å². The third-order valence-electron chi connectivity index (χ3n) is 8.25. The van der Waals surface area contributed by atoms with Crippen molar-refractivity contribution in [2.75, 3.05) is 33.1 Å². The summed E-state index contributed by atoms with van der Waals surface area (Å²) in [4.78, 5) is 71.8. The number of carboxylic acid groups (broad SMARTS) is 1. The second-order valence-corrected chi connectivity index (χ2v) is 13.1. The van der Waals surface area contributed by atoms with Gasteiger partial charge in [-0.05, 0) is 55.0 Å². The second kappa shape index (κ2) is 15.7. The van der Waals surface area contributed by atoms with E-state index in [0.717, 1.165) is 5.56 Å². The van der Waals surface area contributed by atoms with E-state index >= 15 is 0 Å². The number of carbonyl (C=O) groups excluding carboxylic acids is 4. The number of carbonyl (C=O) groups is 5. The Morgan fingerprint density at radius 2 is 1.51 bits per heavy atom. The molecule has 0 saturated carbocycles. The van der Waals surface area contributed by atoms with Crippen LogP contribution in [0.4, 0.5) is 27.5 Å². The summed E-state index contributed by atoms with van der Waals surface area (Å²) in [5, 5.41) is 14.6. The molecule has 2 atom stereocenters. The number of anilines is 4. The van der Waals surface area contributed by atoms with Gasteiger partial charge in [0.2, 0.25) is 11.8 Å². The molecule has 2 unspecified atom stereocenters. The Kier molecular flexibility index (Phi) is 11.2. The zero-order valence-corrected chi connectivity index (χ0v) is 28.9. The van der Waals surface area contributed by atoms with Gasteiger partial charge in [-0.15, -0.1) is 0 Å². The molecule has 3 N–H and O–H groups in total. The van der Waals surface area contributed by atoms with E-state index in [0.29, 0.717) is 17.1 Å². The zero-order chi connectivity index (χ0) is 36.7. The Balaban J connectivity index is 1.48. The van der Waals surface area contributed by atoms with Crippen LogP contribution in [0.3, 0.4) is 0 Å². The number of para-hydroxylation sites is 3. The lowest BCUT2D eigenvalue weighted by atomic mass is 9.94. The fourth-order valence-corrected chi connectivity index (χ4v) is 5.73. The first-order valence-corrected chi connectivity index (χ1v) is 16.5. The summed E-state index contributed by atoms with van der Waals surface area (Å²) in [6, 6.07) is 28.9. The molecule has 5 amide bonds. The van der Waals surface area contributed by atoms with Gasteiger partial charge in [-0.3, -0.25) is 24.2 Å². The van der Waals surface area contributed by atoms with Gasteiger partial charge in [0.05, 0.1) is 30.1 Å². The Morgan fingerprint density at radius 3 is 2.16 bits per heavy atom. The molecule has 51 heavy (non-hydrogen) atoms. The molecule has 0 radical (unpaired) electrons. The molecule has 0 spiro atoms. The van der Waals surface area contributed by atoms with Gasteiger partial charge in [0.1, 0.15) is 18.8 Å². The maximum Gasteiger partial charge on any atom is 0.335 e. The van der Waals surface area contributed by atoms with E-state index in [9.17, 15) is 29.1 Å². The molecule has 1 aliphatic heterocycles. The second-order valence-electron chi connectivity index (χ2n) is 13.1. The van der Waals surface area contributed by atoms with Gasteiger partial charge in [-0.1, -0.05) is 87.5 Å². The summed E-state index contributed by atoms with van der Waals surface area (Å²) >= 11 is 0. The van der Waals surface area contributed by atoms with E-state index in [1.165, 1.54) is 39.0 Å². The highest BCUT2D eigenvalue weighted by Crippen LogP contribution is 2.36. The fourth-order valence-electron chi connectivity index (χ4n) is 5.73. The molecule has 0 aliphatic carbocycles. The van der Waals surface area contributed by atoms with Crippen molar-refractivity contribution >= 4 is 52.5 Å². The zero-order valence-electron chi connectivity index (χ0n) is 28.9. The number of urea groups is 1. The lowest BCUT2D eigenvalue weighted by molar-refractivity contribution is -0.126. The van der Waals surface area contributed by atoms with Crippen LogP contribution in [-0.2, 0) is 25.7 Å². The van der Waals surface area contributed by atoms with Crippen LogP contribution in [0, 0.1) is 5.41 Å². The van der Waals surface area contributed by atoms with Crippen molar-refractivity contribution in [2.24, 2.45) is 5.41 Å². The Labute approximate surface area is 296 Å². The van der Waals surface area contributed by atoms with E-state index in [4.69, 9.17) is 4.74 Å². The Morgan fingerprint density at radius 1 is 0.882 bits per heavy atom. The van der Waals surface area contributed by atoms with Crippen LogP contribution >= 0.6 is 0 Å². The number of amides is 5. The Hall–Kier alpha value is -6.01. The smallest absolute Gasteiger partial charge is 0.335 e. The summed E-state index contributed by atoms with van der Waals surface area (Å²) < 4.78 is 6.16. The van der Waals surface area contributed by atoms with Crippen LogP contribution in [0.25, 0.3) is 0 Å². The number of hydrogen-bond donors (Lipinski definition) is 3. The molecule has 0 aromatic heterocycles. The van der Waals surface area contributed by atoms with Crippen LogP contribution in [-0.4, -0.2) is 60.2 Å². The van der Waals surface area contributed by atoms with Crippen molar-refractivity contribution < 1.29 is 33.8 Å². The summed E-state index contributed by atoms with van der Waals surface area (Å²) in [7, 11) is 0. The van der Waals surface area contributed by atoms with Gasteiger partial charge in [0, 0.05) is 16.8 Å². The predicted molar refractivity (Wildman–Crippen MR) is 195 cm³/mol. The maximum absolute atomic E-state index is 14.5. The third kappa shape index (κ3) is 8.78. The molecular formula is C39H41N5O7. The molecule has 1 heterocycles. The van der Waals surface area contributed by atoms with Crippen LogP contribution < -0.4 is 25.3 Å². The molecule has 4 aromatic rings. The minimum Gasteiger partial charge on any atom is -0.478 e. The molecular weight excluding hydrogens is 650 g/mol. The van der Waals surface area contributed by atoms with Crippen LogP contribution in [0.5, 0.6) is 0 Å². The van der Waals surface area contributed by atoms with Gasteiger partial charge in [-0.25, -0.2) is 9.59 Å². The topological polar surface area (TPSA) is 149 Å². The van der Waals surface area contributed by atoms with E-state index in [1.54, 1.807) is 76.2 Å². The SMILES string of the molecule is CC(OCc1ccccc1)N(C(=O)CN1C(=O)C(NC(=O)Nc2cccc(C(=O)O)c2)CN(C(=O)C(C)(C)C)c2ccccc21)c1ccccc1. The quantitative estimate of drug-likeness (QED) is 0.176. The summed E-state index contributed by atoms with van der Waals surface area (Å²) in [6.45, 7) is 6.59. The van der Waals surface area contributed by atoms with Crippen molar-refractivity contribution in [3.8, 4) is 0 Å². The molecule has 1 aliphatic rings. The molecule has 0 bridgehead atoms. The minimum atomic E-state index is -1.30. The fraction of sp³-hybridized carbons (Fsp3) is 0.256. The molecule has 4 aromatic carbocycles. The highest BCUT2D eigenvalue weighted by molar-refractivity contribution is 6.12. The van der Waals surface area contributed by atoms with Crippen molar-refractivity contribution in [2.45, 2.75) is 46.6 Å². The van der Waals surface area contributed by atoms with Crippen molar-refractivity contribution in [1.29, 1.82) is 0 Å². The monoisotopic (exact) mass is 691 g/mol. The average Bonchev–Trinajstić information content (AvgIpc) is 3.22. The maximum atomic E-state index is 14.5. The van der Waals surface area contributed by atoms with Crippen LogP contribution in [0.1, 0.15) is 43.6 Å². The molecule has 0 saturated heterocycles. The van der Waals surface area contributed by atoms with Crippen molar-refractivity contribution in [3.05, 3.63) is 120 Å². The number of ether oxygens (including phenoxy) is 1. The predicted octanol–water partition coefficient (Wildman–Crippen LogP) is 5.90. The lowest BCUT2D eigenvalue weighted by Crippen LogP contribution is -2.56. The van der Waals surface area contributed by atoms with E-state index in [1.807, 2.05) is 36.4 Å². The Bertz CT molecular complexity index is 1890. The summed E-state index contributed by atoms with van der Waals surface area (Å²) in [6.07, 6.45) is -0.738. The van der Waals surface area contributed by atoms with E-state index < -0.39 is 48.0 Å². The third-order valence-corrected chi connectivity index (χ3v) is 8.25. The molecule has 5 rings (SSSR count). The average molecular weight is 692 g/mol. The largest absolute Gasteiger partial charge is 0.478 e. The molecule has 0 fully saturated rings. The molecule has 264 valence electrons. The first-order valence-electron chi connectivity index (χ1n) is 16.5.